The van der Waals surface area contributed by atoms with E-state index in [1.807, 2.05) is 0 Å². The first-order chi connectivity index (χ1) is 11.7. The van der Waals surface area contributed by atoms with Crippen LogP contribution in [0, 0.1) is 0 Å². The Morgan fingerprint density at radius 3 is 2.52 bits per heavy atom. The van der Waals surface area contributed by atoms with Gasteiger partial charge in [0.15, 0.2) is 0 Å². The molecule has 7 nitrogen and oxygen atoms in total. The van der Waals surface area contributed by atoms with Crippen molar-refractivity contribution in [1.82, 2.24) is 4.98 Å². The number of benzene rings is 1. The van der Waals surface area contributed by atoms with Crippen LogP contribution in [0.1, 0.15) is 6.42 Å². The molecule has 0 aliphatic rings. The predicted molar refractivity (Wildman–Crippen MR) is 96.7 cm³/mol. The molecule has 0 spiro atoms. The van der Waals surface area contributed by atoms with Gasteiger partial charge >= 0.3 is 0 Å². The number of nitrogens with one attached hydrogen (secondary N) is 1. The molecular formula is C16H18ClN3O4S. The van der Waals surface area contributed by atoms with Crippen molar-refractivity contribution in [3.05, 3.63) is 47.6 Å². The highest BCUT2D eigenvalue weighted by molar-refractivity contribution is 7.90. The Balaban J connectivity index is 1.91. The first-order valence-electron chi connectivity index (χ1n) is 7.36. The summed E-state index contributed by atoms with van der Waals surface area (Å²) in [5, 5.41) is 3.14. The average Bonchev–Trinajstić information content (AvgIpc) is 2.56. The molecule has 25 heavy (non-hydrogen) atoms. The lowest BCUT2D eigenvalue weighted by Crippen LogP contribution is -2.37. The average molecular weight is 384 g/mol. The number of carbonyl (C=O) groups excluding carboxylic acids is 1. The van der Waals surface area contributed by atoms with E-state index in [4.69, 9.17) is 22.1 Å². The Kier molecular flexibility index (Phi) is 6.35. The van der Waals surface area contributed by atoms with Crippen LogP contribution >= 0.6 is 11.6 Å². The molecule has 1 aromatic heterocycles. The Hall–Kier alpha value is -2.16. The monoisotopic (exact) mass is 383 g/mol. The van der Waals surface area contributed by atoms with Gasteiger partial charge in [-0.1, -0.05) is 11.6 Å². The second kappa shape index (κ2) is 8.28. The minimum atomic E-state index is -3.15. The van der Waals surface area contributed by atoms with Crippen molar-refractivity contribution >= 4 is 33.0 Å². The number of ether oxygens (including phenoxy) is 1. The van der Waals surface area contributed by atoms with Crippen LogP contribution in [0.3, 0.4) is 0 Å². The van der Waals surface area contributed by atoms with Gasteiger partial charge in [-0.05, 0) is 36.8 Å². The Morgan fingerprint density at radius 2 is 1.96 bits per heavy atom. The van der Waals surface area contributed by atoms with Gasteiger partial charge in [0.05, 0.1) is 16.8 Å². The van der Waals surface area contributed by atoms with E-state index in [0.29, 0.717) is 22.3 Å². The highest BCUT2D eigenvalue weighted by atomic mass is 35.5. The molecule has 1 aromatic carbocycles. The summed E-state index contributed by atoms with van der Waals surface area (Å²) in [5.74, 6) is 0.345. The van der Waals surface area contributed by atoms with Gasteiger partial charge in [0, 0.05) is 24.2 Å². The van der Waals surface area contributed by atoms with Crippen LogP contribution < -0.4 is 15.8 Å². The second-order valence-electron chi connectivity index (χ2n) is 5.46. The summed E-state index contributed by atoms with van der Waals surface area (Å²) >= 11 is 5.75. The van der Waals surface area contributed by atoms with Crippen molar-refractivity contribution < 1.29 is 17.9 Å². The van der Waals surface area contributed by atoms with E-state index in [-0.39, 0.29) is 12.2 Å². The van der Waals surface area contributed by atoms with Gasteiger partial charge in [-0.25, -0.2) is 13.4 Å². The quantitative estimate of drug-likeness (QED) is 0.758. The van der Waals surface area contributed by atoms with E-state index in [0.717, 1.165) is 6.26 Å². The first-order valence-corrected chi connectivity index (χ1v) is 9.80. The predicted octanol–water partition coefficient (Wildman–Crippen LogP) is 2.23. The summed E-state index contributed by atoms with van der Waals surface area (Å²) in [5.41, 5.74) is 6.22. The Morgan fingerprint density at radius 1 is 1.28 bits per heavy atom. The number of anilines is 1. The molecule has 2 aromatic rings. The molecule has 1 amide bonds. The molecule has 0 bridgehead atoms. The Bertz CT molecular complexity index is 823. The van der Waals surface area contributed by atoms with Gasteiger partial charge in [0.25, 0.3) is 0 Å². The molecule has 0 aliphatic carbocycles. The fourth-order valence-electron chi connectivity index (χ4n) is 1.86. The number of nitrogens with two attached hydrogens (primary N) is 1. The van der Waals surface area contributed by atoms with Crippen molar-refractivity contribution in [3.8, 4) is 11.6 Å². The third-order valence-electron chi connectivity index (χ3n) is 3.18. The van der Waals surface area contributed by atoms with Crippen LogP contribution in [0.4, 0.5) is 5.69 Å². The van der Waals surface area contributed by atoms with E-state index in [1.54, 1.807) is 36.4 Å². The summed E-state index contributed by atoms with van der Waals surface area (Å²) < 4.78 is 27.8. The van der Waals surface area contributed by atoms with Crippen LogP contribution in [-0.4, -0.2) is 37.4 Å². The minimum Gasteiger partial charge on any atom is -0.439 e. The van der Waals surface area contributed by atoms with E-state index in [2.05, 4.69) is 10.3 Å². The van der Waals surface area contributed by atoms with Crippen molar-refractivity contribution in [2.24, 2.45) is 5.73 Å². The molecule has 1 unspecified atom stereocenters. The number of pyridine rings is 1. The number of hydrogen-bond acceptors (Lipinski definition) is 6. The van der Waals surface area contributed by atoms with E-state index in [9.17, 15) is 13.2 Å². The lowest BCUT2D eigenvalue weighted by molar-refractivity contribution is -0.117. The number of nitrogens with zero attached hydrogens (tertiary/aromatic N) is 1. The minimum absolute atomic E-state index is 0.0636. The van der Waals surface area contributed by atoms with Gasteiger partial charge in [-0.2, -0.15) is 0 Å². The van der Waals surface area contributed by atoms with Crippen molar-refractivity contribution in [3.63, 3.8) is 0 Å². The normalized spacial score (nSPS) is 12.4. The van der Waals surface area contributed by atoms with Crippen LogP contribution in [0.25, 0.3) is 0 Å². The number of aromatic nitrogens is 1. The maximum absolute atomic E-state index is 12.0. The largest absolute Gasteiger partial charge is 0.439 e. The molecule has 134 valence electrons. The zero-order valence-corrected chi connectivity index (χ0v) is 15.0. The number of rotatable bonds is 7. The SMILES string of the molecule is CS(=O)(=O)CCC(N)C(=O)Nc1ccc(Oc2ccc(Cl)cn2)cc1. The fraction of sp³-hybridized carbons (Fsp3) is 0.250. The molecule has 3 N–H and O–H groups in total. The van der Waals surface area contributed by atoms with E-state index >= 15 is 0 Å². The third kappa shape index (κ3) is 6.69. The standard InChI is InChI=1S/C16H18ClN3O4S/c1-25(22,23)9-8-14(18)16(21)20-12-3-5-13(6-4-12)24-15-7-2-11(17)10-19-15/h2-7,10,14H,8-9,18H2,1H3,(H,20,21). The molecular weight excluding hydrogens is 366 g/mol. The van der Waals surface area contributed by atoms with E-state index in [1.165, 1.54) is 6.20 Å². The second-order valence-corrected chi connectivity index (χ2v) is 8.15. The first kappa shape index (κ1) is 19.2. The van der Waals surface area contributed by atoms with Crippen molar-refractivity contribution in [2.45, 2.75) is 12.5 Å². The highest BCUT2D eigenvalue weighted by Crippen LogP contribution is 2.22. The van der Waals surface area contributed by atoms with Crippen LogP contribution in [0.2, 0.25) is 5.02 Å². The van der Waals surface area contributed by atoms with Crippen molar-refractivity contribution in [1.29, 1.82) is 0 Å². The molecule has 1 atom stereocenters. The zero-order chi connectivity index (χ0) is 18.4. The fourth-order valence-corrected chi connectivity index (χ4v) is 2.65. The summed E-state index contributed by atoms with van der Waals surface area (Å²) in [6, 6.07) is 9.01. The number of halogens is 1. The van der Waals surface area contributed by atoms with Crippen LogP contribution in [0.15, 0.2) is 42.6 Å². The maximum Gasteiger partial charge on any atom is 0.241 e. The van der Waals surface area contributed by atoms with Gasteiger partial charge in [0.2, 0.25) is 11.8 Å². The summed E-state index contributed by atoms with van der Waals surface area (Å²) in [4.78, 5) is 16.0. The molecule has 1 heterocycles. The summed E-state index contributed by atoms with van der Waals surface area (Å²) in [6.45, 7) is 0. The zero-order valence-electron chi connectivity index (χ0n) is 13.5. The lowest BCUT2D eigenvalue weighted by Gasteiger charge is -2.12. The van der Waals surface area contributed by atoms with Crippen LogP contribution in [-0.2, 0) is 14.6 Å². The van der Waals surface area contributed by atoms with Gasteiger partial charge in [-0.3, -0.25) is 4.79 Å². The number of amides is 1. The lowest BCUT2D eigenvalue weighted by atomic mass is 10.2. The topological polar surface area (TPSA) is 111 Å². The van der Waals surface area contributed by atoms with Gasteiger partial charge < -0.3 is 15.8 Å². The molecule has 0 fully saturated rings. The molecule has 9 heteroatoms. The number of sulfone groups is 1. The highest BCUT2D eigenvalue weighted by Gasteiger charge is 2.16. The molecule has 0 saturated heterocycles. The number of carbonyl (C=O) groups is 1. The van der Waals surface area contributed by atoms with Crippen LogP contribution in [0.5, 0.6) is 11.6 Å². The third-order valence-corrected chi connectivity index (χ3v) is 4.38. The summed E-state index contributed by atoms with van der Waals surface area (Å²) in [6.07, 6.45) is 2.64. The van der Waals surface area contributed by atoms with Gasteiger partial charge in [-0.15, -0.1) is 0 Å². The molecule has 2 rings (SSSR count). The molecule has 0 aliphatic heterocycles. The Labute approximate surface area is 151 Å². The van der Waals surface area contributed by atoms with Gasteiger partial charge in [0.1, 0.15) is 15.6 Å². The van der Waals surface area contributed by atoms with E-state index < -0.39 is 21.8 Å². The maximum atomic E-state index is 12.0. The molecule has 0 saturated carbocycles. The van der Waals surface area contributed by atoms with Crippen molar-refractivity contribution in [2.75, 3.05) is 17.3 Å². The summed E-state index contributed by atoms with van der Waals surface area (Å²) in [7, 11) is -3.15. The number of hydrogen-bond donors (Lipinski definition) is 2. The smallest absolute Gasteiger partial charge is 0.241 e. The molecule has 0 radical (unpaired) electrons.